The Labute approximate surface area is 108 Å². The summed E-state index contributed by atoms with van der Waals surface area (Å²) in [7, 11) is 1.44. The van der Waals surface area contributed by atoms with Crippen LogP contribution in [0, 0.1) is 17.3 Å². The number of carbonyl (C=O) groups excluding carboxylic acids is 2. The smallest absolute Gasteiger partial charge is 0.308 e. The third-order valence-electron chi connectivity index (χ3n) is 4.44. The number of methoxy groups -OCH3 is 1. The van der Waals surface area contributed by atoms with E-state index in [0.29, 0.717) is 0 Å². The van der Waals surface area contributed by atoms with Crippen LogP contribution in [-0.4, -0.2) is 25.0 Å². The van der Waals surface area contributed by atoms with Gasteiger partial charge in [-0.05, 0) is 37.5 Å². The second-order valence-electron chi connectivity index (χ2n) is 6.33. The summed E-state index contributed by atoms with van der Waals surface area (Å²) in [4.78, 5) is 23.3. The summed E-state index contributed by atoms with van der Waals surface area (Å²) >= 11 is 0. The zero-order valence-electron chi connectivity index (χ0n) is 11.5. The quantitative estimate of drug-likeness (QED) is 0.781. The Kier molecular flexibility index (Phi) is 3.64. The molecule has 2 fully saturated rings. The average molecular weight is 253 g/mol. The van der Waals surface area contributed by atoms with E-state index < -0.39 is 0 Å². The minimum absolute atomic E-state index is 0.0283. The first kappa shape index (κ1) is 13.4. The molecule has 0 spiro atoms. The molecule has 0 saturated heterocycles. The fourth-order valence-electron chi connectivity index (χ4n) is 2.86. The van der Waals surface area contributed by atoms with Crippen molar-refractivity contribution in [3.63, 3.8) is 0 Å². The van der Waals surface area contributed by atoms with Gasteiger partial charge in [0.15, 0.2) is 0 Å². The molecule has 1 unspecified atom stereocenters. The molecule has 1 atom stereocenters. The predicted molar refractivity (Wildman–Crippen MR) is 67.8 cm³/mol. The lowest BCUT2D eigenvalue weighted by molar-refractivity contribution is -0.146. The molecule has 4 heteroatoms. The highest BCUT2D eigenvalue weighted by Crippen LogP contribution is 2.51. The van der Waals surface area contributed by atoms with Crippen molar-refractivity contribution in [2.45, 2.75) is 52.0 Å². The molecule has 1 N–H and O–H groups in total. The fourth-order valence-corrected chi connectivity index (χ4v) is 2.86. The number of nitrogens with one attached hydrogen (secondary N) is 1. The minimum Gasteiger partial charge on any atom is -0.469 e. The maximum atomic E-state index is 12.0. The van der Waals surface area contributed by atoms with E-state index in [2.05, 4.69) is 19.2 Å². The lowest BCUT2D eigenvalue weighted by Gasteiger charge is -2.27. The predicted octanol–water partition coefficient (Wildman–Crippen LogP) is 1.88. The number of carbonyl (C=O) groups is 2. The molecule has 0 aromatic carbocycles. The van der Waals surface area contributed by atoms with Crippen LogP contribution >= 0.6 is 0 Å². The van der Waals surface area contributed by atoms with Gasteiger partial charge in [-0.25, -0.2) is 0 Å². The summed E-state index contributed by atoms with van der Waals surface area (Å²) in [5.74, 6) is 0.306. The lowest BCUT2D eigenvalue weighted by atomic mass is 9.86. The molecule has 2 aliphatic rings. The van der Waals surface area contributed by atoms with Crippen molar-refractivity contribution in [3.05, 3.63) is 0 Å². The van der Waals surface area contributed by atoms with Crippen molar-refractivity contribution in [1.29, 1.82) is 0 Å². The molecule has 0 bridgehead atoms. The van der Waals surface area contributed by atoms with Crippen molar-refractivity contribution in [2.75, 3.05) is 7.11 Å². The third-order valence-corrected chi connectivity index (χ3v) is 4.44. The van der Waals surface area contributed by atoms with E-state index in [1.807, 2.05) is 0 Å². The van der Waals surface area contributed by atoms with Gasteiger partial charge in [0.05, 0.1) is 13.0 Å². The molecule has 2 aliphatic carbocycles. The first-order chi connectivity index (χ1) is 8.44. The second-order valence-corrected chi connectivity index (χ2v) is 6.33. The molecule has 0 aromatic rings. The van der Waals surface area contributed by atoms with Crippen molar-refractivity contribution < 1.29 is 14.3 Å². The minimum atomic E-state index is -0.108. The molecule has 0 radical (unpaired) electrons. The highest BCUT2D eigenvalue weighted by Gasteiger charge is 2.50. The van der Waals surface area contributed by atoms with Crippen molar-refractivity contribution >= 4 is 11.9 Å². The summed E-state index contributed by atoms with van der Waals surface area (Å²) in [6, 6.07) is 0.245. The van der Waals surface area contributed by atoms with Crippen LogP contribution in [0.1, 0.15) is 46.0 Å². The summed E-state index contributed by atoms with van der Waals surface area (Å²) in [5, 5.41) is 3.12. The lowest BCUT2D eigenvalue weighted by Crippen LogP contribution is -2.40. The molecule has 0 aliphatic heterocycles. The number of hydrogen-bond donors (Lipinski definition) is 1. The molecule has 0 aromatic heterocycles. The molecule has 1 amide bonds. The van der Waals surface area contributed by atoms with Crippen molar-refractivity contribution in [1.82, 2.24) is 5.32 Å². The fraction of sp³-hybridized carbons (Fsp3) is 0.857. The van der Waals surface area contributed by atoms with Crippen LogP contribution < -0.4 is 5.32 Å². The highest BCUT2D eigenvalue weighted by molar-refractivity contribution is 5.82. The summed E-state index contributed by atoms with van der Waals surface area (Å²) in [5.41, 5.74) is 0.188. The van der Waals surface area contributed by atoms with E-state index in [0.717, 1.165) is 32.1 Å². The Bertz CT molecular complexity index is 343. The Morgan fingerprint density at radius 2 is 1.72 bits per heavy atom. The van der Waals surface area contributed by atoms with Crippen molar-refractivity contribution in [3.8, 4) is 0 Å². The zero-order valence-corrected chi connectivity index (χ0v) is 11.5. The van der Waals surface area contributed by atoms with Gasteiger partial charge in [0.2, 0.25) is 5.91 Å². The second kappa shape index (κ2) is 4.90. The van der Waals surface area contributed by atoms with Gasteiger partial charge in [-0.1, -0.05) is 13.8 Å². The van der Waals surface area contributed by atoms with Crippen LogP contribution in [0.25, 0.3) is 0 Å². The van der Waals surface area contributed by atoms with Crippen LogP contribution in [0.3, 0.4) is 0 Å². The van der Waals surface area contributed by atoms with Crippen LogP contribution in [0.4, 0.5) is 0 Å². The Morgan fingerprint density at radius 1 is 1.17 bits per heavy atom. The zero-order chi connectivity index (χ0) is 13.3. The number of rotatable bonds is 3. The molecule has 0 heterocycles. The number of amides is 1. The molecule has 2 saturated carbocycles. The third kappa shape index (κ3) is 2.85. The van der Waals surface area contributed by atoms with Gasteiger partial charge in [-0.3, -0.25) is 9.59 Å². The normalized spacial score (nSPS) is 33.6. The van der Waals surface area contributed by atoms with Crippen LogP contribution in [0.15, 0.2) is 0 Å². The summed E-state index contributed by atoms with van der Waals surface area (Å²) < 4.78 is 4.76. The monoisotopic (exact) mass is 253 g/mol. The summed E-state index contributed by atoms with van der Waals surface area (Å²) in [6.07, 6.45) is 4.42. The largest absolute Gasteiger partial charge is 0.469 e. The Morgan fingerprint density at radius 3 is 2.17 bits per heavy atom. The van der Waals surface area contributed by atoms with Crippen molar-refractivity contribution in [2.24, 2.45) is 17.3 Å². The van der Waals surface area contributed by atoms with Gasteiger partial charge in [0.25, 0.3) is 0 Å². The summed E-state index contributed by atoms with van der Waals surface area (Å²) in [6.45, 7) is 4.26. The first-order valence-corrected chi connectivity index (χ1v) is 6.82. The van der Waals surface area contributed by atoms with E-state index in [-0.39, 0.29) is 35.2 Å². The highest BCUT2D eigenvalue weighted by atomic mass is 16.5. The van der Waals surface area contributed by atoms with Gasteiger partial charge in [-0.2, -0.15) is 0 Å². The molecular weight excluding hydrogens is 230 g/mol. The molecular formula is C14H23NO3. The van der Waals surface area contributed by atoms with Gasteiger partial charge >= 0.3 is 5.97 Å². The standard InChI is InChI=1S/C14H23NO3/c1-14(2)8-11(14)12(16)15-10-6-4-9(5-7-10)13(17)18-3/h9-11H,4-8H2,1-3H3,(H,15,16). The number of ether oxygens (including phenoxy) is 1. The van der Waals surface area contributed by atoms with E-state index >= 15 is 0 Å². The molecule has 2 rings (SSSR count). The maximum Gasteiger partial charge on any atom is 0.308 e. The van der Waals surface area contributed by atoms with Gasteiger partial charge < -0.3 is 10.1 Å². The van der Waals surface area contributed by atoms with E-state index in [1.54, 1.807) is 0 Å². The topological polar surface area (TPSA) is 55.4 Å². The van der Waals surface area contributed by atoms with Crippen LogP contribution in [0.2, 0.25) is 0 Å². The number of hydrogen-bond acceptors (Lipinski definition) is 3. The van der Waals surface area contributed by atoms with E-state index in [4.69, 9.17) is 4.74 Å². The maximum absolute atomic E-state index is 12.0. The molecule has 4 nitrogen and oxygen atoms in total. The van der Waals surface area contributed by atoms with Crippen LogP contribution in [0.5, 0.6) is 0 Å². The molecule has 102 valence electrons. The van der Waals surface area contributed by atoms with Gasteiger partial charge in [0, 0.05) is 12.0 Å². The molecule has 18 heavy (non-hydrogen) atoms. The van der Waals surface area contributed by atoms with Crippen LogP contribution in [-0.2, 0) is 14.3 Å². The van der Waals surface area contributed by atoms with E-state index in [9.17, 15) is 9.59 Å². The van der Waals surface area contributed by atoms with E-state index in [1.165, 1.54) is 7.11 Å². The Hall–Kier alpha value is -1.06. The Balaban J connectivity index is 1.74. The van der Waals surface area contributed by atoms with Gasteiger partial charge in [-0.15, -0.1) is 0 Å². The average Bonchev–Trinajstić information content (AvgIpc) is 2.98. The first-order valence-electron chi connectivity index (χ1n) is 6.82. The van der Waals surface area contributed by atoms with Gasteiger partial charge in [0.1, 0.15) is 0 Å². The SMILES string of the molecule is COC(=O)C1CCC(NC(=O)C2CC2(C)C)CC1. The number of esters is 1.